The third-order valence-corrected chi connectivity index (χ3v) is 4.78. The molecule has 0 aromatic heterocycles. The van der Waals surface area contributed by atoms with E-state index in [0.29, 0.717) is 5.56 Å². The first-order valence-corrected chi connectivity index (χ1v) is 9.66. The Labute approximate surface area is 172 Å². The number of halogens is 1. The Morgan fingerprint density at radius 1 is 0.815 bits per heavy atom. The van der Waals surface area contributed by atoms with Crippen LogP contribution in [0.2, 0.25) is 0 Å². The quantitative estimate of drug-likeness (QED) is 0.509. The molecule has 2 N–H and O–H groups in total. The molecular formula is C22H19IN2O2. The number of amides is 2. The molecule has 0 spiro atoms. The SMILES string of the molecule is O=C(CC(NC(=O)c1ccccc1)c1ccccc1)Nc1ccc(I)cc1. The van der Waals surface area contributed by atoms with Gasteiger partial charge in [0, 0.05) is 14.8 Å². The van der Waals surface area contributed by atoms with E-state index in [-0.39, 0.29) is 18.2 Å². The monoisotopic (exact) mass is 470 g/mol. The molecule has 0 heterocycles. The summed E-state index contributed by atoms with van der Waals surface area (Å²) in [6.07, 6.45) is 0.147. The molecule has 5 heteroatoms. The number of carbonyl (C=O) groups excluding carboxylic acids is 2. The second-order valence-electron chi connectivity index (χ2n) is 6.06. The standard InChI is InChI=1S/C22H19IN2O2/c23-18-11-13-19(14-12-18)24-21(26)15-20(16-7-3-1-4-8-16)25-22(27)17-9-5-2-6-10-17/h1-14,20H,15H2,(H,24,26)(H,25,27). The molecule has 136 valence electrons. The van der Waals surface area contributed by atoms with E-state index >= 15 is 0 Å². The molecule has 27 heavy (non-hydrogen) atoms. The average molecular weight is 470 g/mol. The van der Waals surface area contributed by atoms with Crippen molar-refractivity contribution in [2.45, 2.75) is 12.5 Å². The summed E-state index contributed by atoms with van der Waals surface area (Å²) in [6, 6.07) is 25.7. The third kappa shape index (κ3) is 5.65. The van der Waals surface area contributed by atoms with Gasteiger partial charge in [-0.2, -0.15) is 0 Å². The van der Waals surface area contributed by atoms with Crippen molar-refractivity contribution in [2.24, 2.45) is 0 Å². The van der Waals surface area contributed by atoms with Crippen molar-refractivity contribution in [1.29, 1.82) is 0 Å². The van der Waals surface area contributed by atoms with Crippen molar-refractivity contribution in [2.75, 3.05) is 5.32 Å². The fourth-order valence-electron chi connectivity index (χ4n) is 2.70. The molecule has 3 aromatic carbocycles. The lowest BCUT2D eigenvalue weighted by atomic mass is 10.0. The van der Waals surface area contributed by atoms with Gasteiger partial charge in [0.25, 0.3) is 5.91 Å². The predicted molar refractivity (Wildman–Crippen MR) is 115 cm³/mol. The lowest BCUT2D eigenvalue weighted by Gasteiger charge is -2.19. The highest BCUT2D eigenvalue weighted by atomic mass is 127. The van der Waals surface area contributed by atoms with E-state index in [4.69, 9.17) is 0 Å². The fraction of sp³-hybridized carbons (Fsp3) is 0.0909. The molecular weight excluding hydrogens is 451 g/mol. The fourth-order valence-corrected chi connectivity index (χ4v) is 3.06. The number of anilines is 1. The summed E-state index contributed by atoms with van der Waals surface area (Å²) in [4.78, 5) is 25.1. The minimum atomic E-state index is -0.414. The lowest BCUT2D eigenvalue weighted by Crippen LogP contribution is -2.31. The summed E-state index contributed by atoms with van der Waals surface area (Å²) in [5, 5.41) is 5.86. The molecule has 2 amide bonds. The summed E-state index contributed by atoms with van der Waals surface area (Å²) in [5.74, 6) is -0.357. The van der Waals surface area contributed by atoms with Crippen molar-refractivity contribution in [3.8, 4) is 0 Å². The first-order chi connectivity index (χ1) is 13.1. The van der Waals surface area contributed by atoms with Crippen molar-refractivity contribution >= 4 is 40.1 Å². The maximum Gasteiger partial charge on any atom is 0.251 e. The third-order valence-electron chi connectivity index (χ3n) is 4.06. The highest BCUT2D eigenvalue weighted by Crippen LogP contribution is 2.19. The molecule has 0 saturated carbocycles. The van der Waals surface area contributed by atoms with Crippen LogP contribution in [0.4, 0.5) is 5.69 Å². The van der Waals surface area contributed by atoms with Crippen LogP contribution in [0.25, 0.3) is 0 Å². The van der Waals surface area contributed by atoms with Crippen molar-refractivity contribution in [3.05, 3.63) is 99.6 Å². The van der Waals surface area contributed by atoms with Gasteiger partial charge in [0.05, 0.1) is 12.5 Å². The number of benzene rings is 3. The molecule has 0 radical (unpaired) electrons. The smallest absolute Gasteiger partial charge is 0.251 e. The molecule has 0 bridgehead atoms. The zero-order valence-electron chi connectivity index (χ0n) is 14.6. The summed E-state index contributed by atoms with van der Waals surface area (Å²) in [7, 11) is 0. The maximum absolute atomic E-state index is 12.6. The zero-order valence-corrected chi connectivity index (χ0v) is 16.7. The molecule has 0 aliphatic heterocycles. The summed E-state index contributed by atoms with van der Waals surface area (Å²) in [6.45, 7) is 0. The van der Waals surface area contributed by atoms with Gasteiger partial charge in [0.2, 0.25) is 5.91 Å². The normalized spacial score (nSPS) is 11.4. The lowest BCUT2D eigenvalue weighted by molar-refractivity contribution is -0.116. The predicted octanol–water partition coefficient (Wildman–Crippen LogP) is 4.79. The van der Waals surface area contributed by atoms with Gasteiger partial charge in [-0.1, -0.05) is 48.5 Å². The summed E-state index contributed by atoms with van der Waals surface area (Å²) >= 11 is 2.22. The van der Waals surface area contributed by atoms with Crippen molar-refractivity contribution in [3.63, 3.8) is 0 Å². The van der Waals surface area contributed by atoms with Crippen LogP contribution in [-0.4, -0.2) is 11.8 Å². The highest BCUT2D eigenvalue weighted by molar-refractivity contribution is 14.1. The number of nitrogens with one attached hydrogen (secondary N) is 2. The maximum atomic E-state index is 12.6. The van der Waals surface area contributed by atoms with Gasteiger partial charge in [-0.05, 0) is 64.6 Å². The summed E-state index contributed by atoms with van der Waals surface area (Å²) in [5.41, 5.74) is 2.19. The van der Waals surface area contributed by atoms with Gasteiger partial charge in [-0.25, -0.2) is 0 Å². The molecule has 1 unspecified atom stereocenters. The van der Waals surface area contributed by atoms with E-state index in [1.165, 1.54) is 0 Å². The largest absolute Gasteiger partial charge is 0.345 e. The number of hydrogen-bond donors (Lipinski definition) is 2. The average Bonchev–Trinajstić information content (AvgIpc) is 2.70. The van der Waals surface area contributed by atoms with E-state index in [2.05, 4.69) is 33.2 Å². The number of rotatable bonds is 6. The van der Waals surface area contributed by atoms with Crippen LogP contribution in [0.5, 0.6) is 0 Å². The molecule has 0 saturated heterocycles. The van der Waals surface area contributed by atoms with Gasteiger partial charge in [0.15, 0.2) is 0 Å². The van der Waals surface area contributed by atoms with Gasteiger partial charge < -0.3 is 10.6 Å². The first kappa shape index (κ1) is 19.1. The zero-order chi connectivity index (χ0) is 19.1. The molecule has 0 aliphatic rings. The minimum absolute atomic E-state index is 0.147. The van der Waals surface area contributed by atoms with Crippen LogP contribution in [0.1, 0.15) is 28.4 Å². The van der Waals surface area contributed by atoms with E-state index in [0.717, 1.165) is 14.8 Å². The Morgan fingerprint density at radius 2 is 1.41 bits per heavy atom. The Hall–Kier alpha value is -2.67. The van der Waals surface area contributed by atoms with E-state index in [9.17, 15) is 9.59 Å². The molecule has 0 fully saturated rings. The Morgan fingerprint density at radius 3 is 2.04 bits per heavy atom. The van der Waals surface area contributed by atoms with Crippen molar-refractivity contribution < 1.29 is 9.59 Å². The van der Waals surface area contributed by atoms with Crippen LogP contribution in [0.3, 0.4) is 0 Å². The molecule has 3 rings (SSSR count). The molecule has 3 aromatic rings. The first-order valence-electron chi connectivity index (χ1n) is 8.58. The second-order valence-corrected chi connectivity index (χ2v) is 7.31. The van der Waals surface area contributed by atoms with Gasteiger partial charge in [0.1, 0.15) is 0 Å². The van der Waals surface area contributed by atoms with Crippen LogP contribution >= 0.6 is 22.6 Å². The molecule has 0 aliphatic carbocycles. The van der Waals surface area contributed by atoms with Crippen LogP contribution in [-0.2, 0) is 4.79 Å². The van der Waals surface area contributed by atoms with Crippen LogP contribution in [0.15, 0.2) is 84.9 Å². The number of carbonyl (C=O) groups is 2. The van der Waals surface area contributed by atoms with Gasteiger partial charge >= 0.3 is 0 Å². The Kier molecular flexibility index (Phi) is 6.59. The topological polar surface area (TPSA) is 58.2 Å². The van der Waals surface area contributed by atoms with Crippen LogP contribution < -0.4 is 10.6 Å². The molecule has 1 atom stereocenters. The van der Waals surface area contributed by atoms with Crippen molar-refractivity contribution in [1.82, 2.24) is 5.32 Å². The molecule has 4 nitrogen and oxygen atoms in total. The van der Waals surface area contributed by atoms with E-state index < -0.39 is 6.04 Å². The highest BCUT2D eigenvalue weighted by Gasteiger charge is 2.19. The second kappa shape index (κ2) is 9.32. The van der Waals surface area contributed by atoms with Crippen LogP contribution in [0, 0.1) is 3.57 Å². The van der Waals surface area contributed by atoms with Gasteiger partial charge in [-0.3, -0.25) is 9.59 Å². The Balaban J connectivity index is 1.73. The number of hydrogen-bond acceptors (Lipinski definition) is 2. The Bertz CT molecular complexity index is 897. The van der Waals surface area contributed by atoms with Gasteiger partial charge in [-0.15, -0.1) is 0 Å². The minimum Gasteiger partial charge on any atom is -0.345 e. The summed E-state index contributed by atoms with van der Waals surface area (Å²) < 4.78 is 1.10. The van der Waals surface area contributed by atoms with E-state index in [1.54, 1.807) is 12.1 Å². The van der Waals surface area contributed by atoms with E-state index in [1.807, 2.05) is 72.8 Å².